The number of nitrogens with zero attached hydrogens (tertiary/aromatic N) is 2. The van der Waals surface area contributed by atoms with Gasteiger partial charge in [0.05, 0.1) is 37.1 Å². The van der Waals surface area contributed by atoms with E-state index < -0.39 is 23.7 Å². The van der Waals surface area contributed by atoms with Gasteiger partial charge in [-0.25, -0.2) is 9.78 Å². The molecule has 2 atom stereocenters. The highest BCUT2D eigenvalue weighted by atomic mass is 32.1. The lowest BCUT2D eigenvalue weighted by atomic mass is 9.94. The van der Waals surface area contributed by atoms with Gasteiger partial charge < -0.3 is 24.1 Å². The number of aliphatic hydroxyl groups is 1. The van der Waals surface area contributed by atoms with Crippen molar-refractivity contribution in [3.05, 3.63) is 69.2 Å². The first-order valence-electron chi connectivity index (χ1n) is 14.8. The minimum absolute atomic E-state index is 0.00948. The lowest BCUT2D eigenvalue weighted by Crippen LogP contribution is -2.29. The number of hydrogen-bond donors (Lipinski definition) is 1. The summed E-state index contributed by atoms with van der Waals surface area (Å²) < 4.78 is 22.8. The van der Waals surface area contributed by atoms with Crippen LogP contribution in [0.2, 0.25) is 0 Å². The third kappa shape index (κ3) is 5.88. The Morgan fingerprint density at radius 3 is 2.61 bits per heavy atom. The van der Waals surface area contributed by atoms with Crippen LogP contribution in [0.25, 0.3) is 5.76 Å². The van der Waals surface area contributed by atoms with E-state index in [0.29, 0.717) is 48.0 Å². The number of thiazole rings is 1. The van der Waals surface area contributed by atoms with Crippen LogP contribution in [0.3, 0.4) is 0 Å². The molecule has 232 valence electrons. The second-order valence-corrected chi connectivity index (χ2v) is 11.6. The Morgan fingerprint density at radius 1 is 1.09 bits per heavy atom. The topological polar surface area (TPSA) is 124 Å². The molecule has 1 fully saturated rings. The van der Waals surface area contributed by atoms with Crippen molar-refractivity contribution in [2.45, 2.75) is 66.0 Å². The Kier molecular flexibility index (Phi) is 9.24. The van der Waals surface area contributed by atoms with Crippen LogP contribution in [0.5, 0.6) is 17.2 Å². The molecule has 2 aromatic carbocycles. The molecule has 44 heavy (non-hydrogen) atoms. The SMILES string of the molecule is CCCCOc1ccc([C@H]2C(=C(O)c3ccc4c(c3)C[C@H](C)O4)C(=O)C(=O)N2c2nc(C)c(C(=O)OCC)s2)cc1OCC. The zero-order valence-corrected chi connectivity index (χ0v) is 26.3. The highest BCUT2D eigenvalue weighted by Crippen LogP contribution is 2.46. The minimum Gasteiger partial charge on any atom is -0.507 e. The lowest BCUT2D eigenvalue weighted by molar-refractivity contribution is -0.132. The molecule has 1 amide bonds. The van der Waals surface area contributed by atoms with Gasteiger partial charge in [0, 0.05) is 12.0 Å². The van der Waals surface area contributed by atoms with Crippen LogP contribution in [-0.4, -0.2) is 53.7 Å². The van der Waals surface area contributed by atoms with E-state index in [1.807, 2.05) is 13.8 Å². The number of aryl methyl sites for hydroxylation is 1. The Balaban J connectivity index is 1.67. The third-order valence-corrected chi connectivity index (χ3v) is 8.54. The molecule has 1 saturated heterocycles. The zero-order chi connectivity index (χ0) is 31.5. The standard InChI is InChI=1S/C33H36N2O8S/c1-6-9-14-42-24-13-10-20(17-25(24)40-7-2)27-26(28(36)21-11-12-23-22(16-21)15-18(4)43-23)29(37)31(38)35(27)33-34-19(5)30(44-33)32(39)41-8-3/h10-13,16-18,27,36H,6-9,14-15H2,1-5H3/t18-,27-/m0/s1. The van der Waals surface area contributed by atoms with E-state index in [9.17, 15) is 19.5 Å². The fourth-order valence-corrected chi connectivity index (χ4v) is 6.34. The van der Waals surface area contributed by atoms with Crippen molar-refractivity contribution in [1.29, 1.82) is 0 Å². The molecule has 3 aromatic rings. The maximum Gasteiger partial charge on any atom is 0.350 e. The van der Waals surface area contributed by atoms with Gasteiger partial charge in [-0.2, -0.15) is 0 Å². The second-order valence-electron chi connectivity index (χ2n) is 10.6. The average Bonchev–Trinajstić information content (AvgIpc) is 3.65. The number of benzene rings is 2. The quantitative estimate of drug-likeness (QED) is 0.0883. The number of anilines is 1. The molecular weight excluding hydrogens is 584 g/mol. The van der Waals surface area contributed by atoms with Crippen molar-refractivity contribution in [1.82, 2.24) is 4.98 Å². The number of carbonyl (C=O) groups excluding carboxylic acids is 3. The maximum absolute atomic E-state index is 13.7. The van der Waals surface area contributed by atoms with Crippen molar-refractivity contribution in [3.63, 3.8) is 0 Å². The largest absolute Gasteiger partial charge is 0.507 e. The molecule has 0 saturated carbocycles. The van der Waals surface area contributed by atoms with E-state index >= 15 is 0 Å². The Bertz CT molecular complexity index is 1630. The molecule has 1 aromatic heterocycles. The summed E-state index contributed by atoms with van der Waals surface area (Å²) in [5, 5.41) is 11.8. The number of unbranched alkanes of at least 4 members (excludes halogenated alkanes) is 1. The first kappa shape index (κ1) is 31.1. The van der Waals surface area contributed by atoms with Crippen molar-refractivity contribution in [2.75, 3.05) is 24.7 Å². The number of ether oxygens (including phenoxy) is 4. The number of hydrogen-bond acceptors (Lipinski definition) is 10. The minimum atomic E-state index is -1.07. The van der Waals surface area contributed by atoms with Gasteiger partial charge in [0.15, 0.2) is 16.6 Å². The van der Waals surface area contributed by atoms with Gasteiger partial charge in [-0.15, -0.1) is 0 Å². The summed E-state index contributed by atoms with van der Waals surface area (Å²) >= 11 is 0.957. The van der Waals surface area contributed by atoms with Crippen molar-refractivity contribution in [2.24, 2.45) is 0 Å². The maximum atomic E-state index is 13.7. The molecule has 0 spiro atoms. The molecule has 5 rings (SSSR count). The van der Waals surface area contributed by atoms with Crippen LogP contribution in [0.1, 0.15) is 78.6 Å². The number of ketones is 1. The van der Waals surface area contributed by atoms with Gasteiger partial charge in [0.25, 0.3) is 5.78 Å². The number of Topliss-reactive ketones (excluding diaryl/α,β-unsaturated/α-hetero) is 1. The molecule has 2 aliphatic heterocycles. The molecular formula is C33H36N2O8S. The summed E-state index contributed by atoms with van der Waals surface area (Å²) in [5.74, 6) is -0.941. The molecule has 2 aliphatic rings. The normalized spacial score (nSPS) is 18.7. The highest BCUT2D eigenvalue weighted by Gasteiger charge is 2.49. The number of fused-ring (bicyclic) bond motifs is 1. The van der Waals surface area contributed by atoms with Gasteiger partial charge in [0.2, 0.25) is 0 Å². The number of aliphatic hydroxyl groups excluding tert-OH is 1. The van der Waals surface area contributed by atoms with E-state index in [1.54, 1.807) is 50.2 Å². The van der Waals surface area contributed by atoms with Crippen molar-refractivity contribution in [3.8, 4) is 17.2 Å². The molecule has 0 radical (unpaired) electrons. The fourth-order valence-electron chi connectivity index (χ4n) is 5.35. The number of esters is 1. The smallest absolute Gasteiger partial charge is 0.350 e. The van der Waals surface area contributed by atoms with Crippen LogP contribution in [0, 0.1) is 6.92 Å². The Labute approximate surface area is 260 Å². The van der Waals surface area contributed by atoms with Gasteiger partial charge in [-0.3, -0.25) is 14.5 Å². The van der Waals surface area contributed by atoms with Gasteiger partial charge in [-0.1, -0.05) is 30.7 Å². The molecule has 11 heteroatoms. The highest BCUT2D eigenvalue weighted by molar-refractivity contribution is 7.17. The molecule has 0 aliphatic carbocycles. The summed E-state index contributed by atoms with van der Waals surface area (Å²) in [7, 11) is 0. The molecule has 0 bridgehead atoms. The monoisotopic (exact) mass is 620 g/mol. The second kappa shape index (κ2) is 13.1. The predicted octanol–water partition coefficient (Wildman–Crippen LogP) is 6.16. The van der Waals surface area contributed by atoms with E-state index in [4.69, 9.17) is 18.9 Å². The summed E-state index contributed by atoms with van der Waals surface area (Å²) in [6, 6.07) is 9.33. The Hall–Kier alpha value is -4.38. The van der Waals surface area contributed by atoms with E-state index in [2.05, 4.69) is 11.9 Å². The number of rotatable bonds is 11. The number of aromatic nitrogens is 1. The van der Waals surface area contributed by atoms with Gasteiger partial charge in [-0.05, 0) is 75.6 Å². The Morgan fingerprint density at radius 2 is 1.89 bits per heavy atom. The first-order chi connectivity index (χ1) is 21.2. The summed E-state index contributed by atoms with van der Waals surface area (Å²) in [6.07, 6.45) is 2.47. The van der Waals surface area contributed by atoms with Gasteiger partial charge in [0.1, 0.15) is 22.5 Å². The van der Waals surface area contributed by atoms with Crippen LogP contribution in [0.15, 0.2) is 42.0 Å². The van der Waals surface area contributed by atoms with E-state index in [0.717, 1.165) is 35.5 Å². The first-order valence-corrected chi connectivity index (χ1v) is 15.6. The summed E-state index contributed by atoms with van der Waals surface area (Å²) in [5.41, 5.74) is 2.05. The van der Waals surface area contributed by atoms with Crippen LogP contribution in [-0.2, 0) is 20.7 Å². The predicted molar refractivity (Wildman–Crippen MR) is 166 cm³/mol. The van der Waals surface area contributed by atoms with Crippen LogP contribution >= 0.6 is 11.3 Å². The summed E-state index contributed by atoms with van der Waals surface area (Å²) in [4.78, 5) is 46.1. The number of amides is 1. The van der Waals surface area contributed by atoms with E-state index in [-0.39, 0.29) is 34.1 Å². The molecule has 3 heterocycles. The third-order valence-electron chi connectivity index (χ3n) is 7.40. The zero-order valence-electron chi connectivity index (χ0n) is 25.5. The molecule has 0 unspecified atom stereocenters. The number of carbonyl (C=O) groups is 3. The fraction of sp³-hybridized carbons (Fsp3) is 0.394. The van der Waals surface area contributed by atoms with Gasteiger partial charge >= 0.3 is 11.9 Å². The molecule has 10 nitrogen and oxygen atoms in total. The van der Waals surface area contributed by atoms with Crippen LogP contribution in [0.4, 0.5) is 5.13 Å². The van der Waals surface area contributed by atoms with Crippen molar-refractivity contribution < 1.29 is 38.4 Å². The summed E-state index contributed by atoms with van der Waals surface area (Å²) in [6.45, 7) is 10.3. The lowest BCUT2D eigenvalue weighted by Gasteiger charge is -2.24. The van der Waals surface area contributed by atoms with E-state index in [1.165, 1.54) is 4.90 Å². The average molecular weight is 621 g/mol. The van der Waals surface area contributed by atoms with Crippen LogP contribution < -0.4 is 19.1 Å². The molecule has 1 N–H and O–H groups in total. The van der Waals surface area contributed by atoms with Crippen molar-refractivity contribution >= 4 is 39.9 Å².